The van der Waals surface area contributed by atoms with Crippen LogP contribution in [0.3, 0.4) is 0 Å². The van der Waals surface area contributed by atoms with Crippen molar-refractivity contribution in [2.45, 2.75) is 19.8 Å². The second-order valence-corrected chi connectivity index (χ2v) is 5.02. The first-order chi connectivity index (χ1) is 10.7. The van der Waals surface area contributed by atoms with Crippen molar-refractivity contribution >= 4 is 21.9 Å². The van der Waals surface area contributed by atoms with E-state index in [0.717, 1.165) is 12.8 Å². The third kappa shape index (κ3) is 2.26. The molecule has 3 nitrogen and oxygen atoms in total. The summed E-state index contributed by atoms with van der Waals surface area (Å²) in [7, 11) is 1.37. The van der Waals surface area contributed by atoms with Crippen LogP contribution in [0.4, 0.5) is 8.78 Å². The maximum Gasteiger partial charge on any atom is 0.208 e. The van der Waals surface area contributed by atoms with Gasteiger partial charge in [-0.25, -0.2) is 0 Å². The van der Waals surface area contributed by atoms with Crippen LogP contribution in [0.1, 0.15) is 19.8 Å². The minimum Gasteiger partial charge on any atom is -0.494 e. The van der Waals surface area contributed by atoms with Crippen molar-refractivity contribution in [3.63, 3.8) is 0 Å². The molecule has 0 fully saturated rings. The fourth-order valence-electron chi connectivity index (χ4n) is 2.40. The summed E-state index contributed by atoms with van der Waals surface area (Å²) < 4.78 is 44.4. The molecular formula is C17H16F2O3. The quantitative estimate of drug-likeness (QED) is 0.618. The van der Waals surface area contributed by atoms with Gasteiger partial charge in [-0.15, -0.1) is 0 Å². The monoisotopic (exact) mass is 306 g/mol. The molecule has 0 amide bonds. The van der Waals surface area contributed by atoms with Crippen LogP contribution in [0.2, 0.25) is 0 Å². The Morgan fingerprint density at radius 3 is 2.14 bits per heavy atom. The lowest BCUT2D eigenvalue weighted by Gasteiger charge is -2.06. The van der Waals surface area contributed by atoms with E-state index in [1.54, 1.807) is 18.2 Å². The standard InChI is InChI=1S/C17H16F2O3/c1-3-4-9-21-13-8-6-11-10-5-7-12(20-2)14(18)16(10)22-17(11)15(13)19/h5-8H,3-4,9H2,1-2H3. The van der Waals surface area contributed by atoms with Crippen LogP contribution in [-0.2, 0) is 0 Å². The van der Waals surface area contributed by atoms with Gasteiger partial charge in [-0.1, -0.05) is 13.3 Å². The van der Waals surface area contributed by atoms with E-state index in [9.17, 15) is 8.78 Å². The minimum absolute atomic E-state index is 0.00356. The minimum atomic E-state index is -0.635. The zero-order valence-electron chi connectivity index (χ0n) is 12.4. The van der Waals surface area contributed by atoms with E-state index >= 15 is 0 Å². The van der Waals surface area contributed by atoms with E-state index in [1.807, 2.05) is 6.92 Å². The number of furan rings is 1. The molecule has 0 aliphatic rings. The molecule has 0 bridgehead atoms. The Bertz CT molecular complexity index is 824. The highest BCUT2D eigenvalue weighted by Gasteiger charge is 2.19. The summed E-state index contributed by atoms with van der Waals surface area (Å²) in [4.78, 5) is 0. The van der Waals surface area contributed by atoms with Gasteiger partial charge in [0.1, 0.15) is 0 Å². The molecule has 5 heteroatoms. The SMILES string of the molecule is CCCCOc1ccc2c(oc3c(F)c(OC)ccc32)c1F. The van der Waals surface area contributed by atoms with Gasteiger partial charge in [0, 0.05) is 10.8 Å². The molecule has 1 aromatic heterocycles. The molecule has 0 atom stereocenters. The predicted molar refractivity (Wildman–Crippen MR) is 80.6 cm³/mol. The van der Waals surface area contributed by atoms with Crippen LogP contribution < -0.4 is 9.47 Å². The van der Waals surface area contributed by atoms with Crippen molar-refractivity contribution in [1.82, 2.24) is 0 Å². The summed E-state index contributed by atoms with van der Waals surface area (Å²) in [6, 6.07) is 6.37. The van der Waals surface area contributed by atoms with Crippen LogP contribution in [0.5, 0.6) is 11.5 Å². The highest BCUT2D eigenvalue weighted by Crippen LogP contribution is 2.37. The van der Waals surface area contributed by atoms with Gasteiger partial charge in [-0.2, -0.15) is 8.78 Å². The molecule has 3 rings (SSSR count). The maximum atomic E-state index is 14.5. The highest BCUT2D eigenvalue weighted by atomic mass is 19.1. The molecule has 0 aliphatic heterocycles. The van der Waals surface area contributed by atoms with E-state index in [0.29, 0.717) is 17.4 Å². The fourth-order valence-corrected chi connectivity index (χ4v) is 2.40. The Kier molecular flexibility index (Phi) is 3.88. The molecule has 116 valence electrons. The van der Waals surface area contributed by atoms with Crippen LogP contribution in [0.15, 0.2) is 28.7 Å². The largest absolute Gasteiger partial charge is 0.494 e. The Morgan fingerprint density at radius 1 is 0.955 bits per heavy atom. The van der Waals surface area contributed by atoms with Gasteiger partial charge in [0.15, 0.2) is 22.7 Å². The number of rotatable bonds is 5. The average molecular weight is 306 g/mol. The second-order valence-electron chi connectivity index (χ2n) is 5.02. The Balaban J connectivity index is 2.14. The van der Waals surface area contributed by atoms with E-state index < -0.39 is 11.6 Å². The first-order valence-electron chi connectivity index (χ1n) is 7.17. The maximum absolute atomic E-state index is 14.5. The van der Waals surface area contributed by atoms with Gasteiger partial charge in [0.05, 0.1) is 13.7 Å². The molecule has 0 aliphatic carbocycles. The highest BCUT2D eigenvalue weighted by molar-refractivity contribution is 6.06. The van der Waals surface area contributed by atoms with Crippen molar-refractivity contribution in [2.75, 3.05) is 13.7 Å². The van der Waals surface area contributed by atoms with E-state index in [1.165, 1.54) is 13.2 Å². The Morgan fingerprint density at radius 2 is 1.55 bits per heavy atom. The van der Waals surface area contributed by atoms with Crippen molar-refractivity contribution in [2.24, 2.45) is 0 Å². The molecule has 0 N–H and O–H groups in total. The lowest BCUT2D eigenvalue weighted by molar-refractivity contribution is 0.294. The number of methoxy groups -OCH3 is 1. The molecule has 0 saturated heterocycles. The molecule has 3 aromatic rings. The number of hydrogen-bond acceptors (Lipinski definition) is 3. The van der Waals surface area contributed by atoms with Gasteiger partial charge < -0.3 is 13.9 Å². The summed E-state index contributed by atoms with van der Waals surface area (Å²) in [5, 5.41) is 1.02. The number of benzene rings is 2. The van der Waals surface area contributed by atoms with Crippen LogP contribution in [-0.4, -0.2) is 13.7 Å². The van der Waals surface area contributed by atoms with Crippen molar-refractivity contribution in [3.8, 4) is 11.5 Å². The van der Waals surface area contributed by atoms with Gasteiger partial charge in [-0.3, -0.25) is 0 Å². The molecule has 1 heterocycles. The van der Waals surface area contributed by atoms with Crippen LogP contribution >= 0.6 is 0 Å². The number of hydrogen-bond donors (Lipinski definition) is 0. The van der Waals surface area contributed by atoms with Gasteiger partial charge in [-0.05, 0) is 30.7 Å². The zero-order valence-corrected chi connectivity index (χ0v) is 12.4. The summed E-state index contributed by atoms with van der Waals surface area (Å²) in [5.41, 5.74) is -0.0184. The van der Waals surface area contributed by atoms with Gasteiger partial charge in [0.2, 0.25) is 11.6 Å². The summed E-state index contributed by atoms with van der Waals surface area (Å²) in [6.07, 6.45) is 1.79. The predicted octanol–water partition coefficient (Wildman–Crippen LogP) is 5.05. The Labute approximate surface area is 126 Å². The van der Waals surface area contributed by atoms with E-state index in [2.05, 4.69) is 0 Å². The van der Waals surface area contributed by atoms with E-state index in [4.69, 9.17) is 13.9 Å². The molecule has 0 radical (unpaired) electrons. The third-order valence-electron chi connectivity index (χ3n) is 3.59. The molecule has 0 saturated carbocycles. The molecule has 22 heavy (non-hydrogen) atoms. The van der Waals surface area contributed by atoms with Crippen LogP contribution in [0.25, 0.3) is 21.9 Å². The fraction of sp³-hybridized carbons (Fsp3) is 0.294. The molecule has 0 unspecified atom stereocenters. The summed E-state index contributed by atoms with van der Waals surface area (Å²) in [6.45, 7) is 2.46. The molecular weight excluding hydrogens is 290 g/mol. The van der Waals surface area contributed by atoms with Gasteiger partial charge in [0.25, 0.3) is 0 Å². The van der Waals surface area contributed by atoms with Crippen molar-refractivity contribution in [1.29, 1.82) is 0 Å². The van der Waals surface area contributed by atoms with Crippen molar-refractivity contribution in [3.05, 3.63) is 35.9 Å². The zero-order chi connectivity index (χ0) is 15.7. The smallest absolute Gasteiger partial charge is 0.208 e. The van der Waals surface area contributed by atoms with E-state index in [-0.39, 0.29) is 22.7 Å². The second kappa shape index (κ2) is 5.83. The van der Waals surface area contributed by atoms with Crippen LogP contribution in [0, 0.1) is 11.6 Å². The topological polar surface area (TPSA) is 31.6 Å². The molecule has 0 spiro atoms. The first-order valence-corrected chi connectivity index (χ1v) is 7.17. The summed E-state index contributed by atoms with van der Waals surface area (Å²) in [5.74, 6) is -1.06. The lowest BCUT2D eigenvalue weighted by Crippen LogP contribution is -1.98. The Hall–Kier alpha value is -2.30. The average Bonchev–Trinajstić information content (AvgIpc) is 2.91. The normalized spacial score (nSPS) is 11.3. The lowest BCUT2D eigenvalue weighted by atomic mass is 10.1. The number of ether oxygens (including phenoxy) is 2. The van der Waals surface area contributed by atoms with Crippen molar-refractivity contribution < 1.29 is 22.7 Å². The number of fused-ring (bicyclic) bond motifs is 3. The molecule has 2 aromatic carbocycles. The third-order valence-corrected chi connectivity index (χ3v) is 3.59. The number of halogens is 2. The van der Waals surface area contributed by atoms with Gasteiger partial charge >= 0.3 is 0 Å². The first kappa shape index (κ1) is 14.6. The number of unbranched alkanes of at least 4 members (excludes halogenated alkanes) is 1. The summed E-state index contributed by atoms with van der Waals surface area (Å²) >= 11 is 0.